The van der Waals surface area contributed by atoms with E-state index in [-0.39, 0.29) is 11.5 Å². The van der Waals surface area contributed by atoms with Crippen LogP contribution in [0.25, 0.3) is 6.08 Å². The zero-order chi connectivity index (χ0) is 20.7. The third-order valence-electron chi connectivity index (χ3n) is 3.61. The molecule has 0 bridgehead atoms. The number of carbonyl (C=O) groups is 1. The lowest BCUT2D eigenvalue weighted by molar-refractivity contribution is -0.112. The highest BCUT2D eigenvalue weighted by Crippen LogP contribution is 2.34. The molecule has 0 aliphatic rings. The minimum absolute atomic E-state index is 0.108. The highest BCUT2D eigenvalue weighted by molar-refractivity contribution is 6.36. The summed E-state index contributed by atoms with van der Waals surface area (Å²) in [4.78, 5) is 12.5. The molecule has 0 aliphatic heterocycles. The van der Waals surface area contributed by atoms with Gasteiger partial charge in [0.15, 0.2) is 0 Å². The van der Waals surface area contributed by atoms with E-state index in [4.69, 9.17) is 32.7 Å². The third kappa shape index (κ3) is 5.91. The van der Waals surface area contributed by atoms with Crippen molar-refractivity contribution in [1.29, 1.82) is 5.26 Å². The van der Waals surface area contributed by atoms with Crippen LogP contribution < -0.4 is 14.8 Å². The van der Waals surface area contributed by atoms with Gasteiger partial charge < -0.3 is 14.8 Å². The van der Waals surface area contributed by atoms with Crippen LogP contribution in [0.2, 0.25) is 10.0 Å². The van der Waals surface area contributed by atoms with Gasteiger partial charge in [-0.2, -0.15) is 5.26 Å². The van der Waals surface area contributed by atoms with Gasteiger partial charge in [-0.25, -0.2) is 0 Å². The van der Waals surface area contributed by atoms with Crippen molar-refractivity contribution < 1.29 is 14.3 Å². The van der Waals surface area contributed by atoms with E-state index in [9.17, 15) is 10.1 Å². The SMILES string of the molecule is COc1ccc(NC(=O)/C(C#N)=C/c2cc(Cl)cc(Cl)c2OCC(C)C)cc1. The average Bonchev–Trinajstić information content (AvgIpc) is 2.65. The Hall–Kier alpha value is -2.68. The molecule has 0 saturated carbocycles. The van der Waals surface area contributed by atoms with Gasteiger partial charge in [0.05, 0.1) is 18.7 Å². The van der Waals surface area contributed by atoms with Gasteiger partial charge in [0.25, 0.3) is 5.91 Å². The number of nitrogens with one attached hydrogen (secondary N) is 1. The Bertz CT molecular complexity index is 916. The second-order valence-electron chi connectivity index (χ2n) is 6.36. The fraction of sp³-hybridized carbons (Fsp3) is 0.238. The van der Waals surface area contributed by atoms with Gasteiger partial charge in [-0.15, -0.1) is 0 Å². The van der Waals surface area contributed by atoms with Crippen molar-refractivity contribution in [2.75, 3.05) is 19.0 Å². The Morgan fingerprint density at radius 3 is 2.50 bits per heavy atom. The van der Waals surface area contributed by atoms with Gasteiger partial charge in [0.2, 0.25) is 0 Å². The van der Waals surface area contributed by atoms with E-state index in [1.807, 2.05) is 19.9 Å². The Kier molecular flexibility index (Phi) is 7.74. The molecule has 0 aliphatic carbocycles. The first-order valence-corrected chi connectivity index (χ1v) is 9.28. The standard InChI is InChI=1S/C21H20Cl2N2O3/c1-13(2)12-28-20-14(9-16(22)10-19(20)23)8-15(11-24)21(26)25-17-4-6-18(27-3)7-5-17/h4-10,13H,12H2,1-3H3,(H,25,26)/b15-8+. The van der Waals surface area contributed by atoms with Crippen molar-refractivity contribution in [3.05, 3.63) is 57.6 Å². The van der Waals surface area contributed by atoms with Crippen molar-refractivity contribution in [3.63, 3.8) is 0 Å². The number of rotatable bonds is 7. The van der Waals surface area contributed by atoms with Crippen molar-refractivity contribution in [2.45, 2.75) is 13.8 Å². The lowest BCUT2D eigenvalue weighted by atomic mass is 10.1. The van der Waals surface area contributed by atoms with Crippen LogP contribution in [0.15, 0.2) is 42.0 Å². The molecule has 0 fully saturated rings. The van der Waals surface area contributed by atoms with E-state index >= 15 is 0 Å². The van der Waals surface area contributed by atoms with Crippen molar-refractivity contribution >= 4 is 40.9 Å². The number of benzene rings is 2. The molecule has 0 unspecified atom stereocenters. The van der Waals surface area contributed by atoms with Gasteiger partial charge in [-0.05, 0) is 48.4 Å². The number of amides is 1. The first kappa shape index (κ1) is 21.6. The Balaban J connectivity index is 2.31. The molecule has 0 aromatic heterocycles. The van der Waals surface area contributed by atoms with E-state index < -0.39 is 5.91 Å². The van der Waals surface area contributed by atoms with Crippen LogP contribution in [0.4, 0.5) is 5.69 Å². The first-order valence-electron chi connectivity index (χ1n) is 8.53. The van der Waals surface area contributed by atoms with Crippen LogP contribution in [0, 0.1) is 17.2 Å². The summed E-state index contributed by atoms with van der Waals surface area (Å²) < 4.78 is 10.8. The van der Waals surface area contributed by atoms with E-state index in [0.29, 0.717) is 39.4 Å². The summed E-state index contributed by atoms with van der Waals surface area (Å²) in [6, 6.07) is 11.8. The molecule has 0 atom stereocenters. The molecule has 1 N–H and O–H groups in total. The molecule has 28 heavy (non-hydrogen) atoms. The number of nitriles is 1. The molecule has 0 heterocycles. The van der Waals surface area contributed by atoms with Gasteiger partial charge >= 0.3 is 0 Å². The fourth-order valence-corrected chi connectivity index (χ4v) is 2.83. The average molecular weight is 419 g/mol. The van der Waals surface area contributed by atoms with Crippen molar-refractivity contribution in [3.8, 4) is 17.6 Å². The van der Waals surface area contributed by atoms with E-state index in [1.165, 1.54) is 6.08 Å². The fourth-order valence-electron chi connectivity index (χ4n) is 2.27. The highest BCUT2D eigenvalue weighted by atomic mass is 35.5. The summed E-state index contributed by atoms with van der Waals surface area (Å²) in [7, 11) is 1.55. The summed E-state index contributed by atoms with van der Waals surface area (Å²) in [6.07, 6.45) is 1.41. The van der Waals surface area contributed by atoms with E-state index in [2.05, 4.69) is 5.32 Å². The van der Waals surface area contributed by atoms with Gasteiger partial charge in [-0.3, -0.25) is 4.79 Å². The maximum absolute atomic E-state index is 12.5. The molecule has 2 rings (SSSR count). The van der Waals surface area contributed by atoms with Crippen LogP contribution in [-0.2, 0) is 4.79 Å². The zero-order valence-corrected chi connectivity index (χ0v) is 17.3. The maximum Gasteiger partial charge on any atom is 0.266 e. The summed E-state index contributed by atoms with van der Waals surface area (Å²) in [5.41, 5.74) is 0.885. The Labute approximate surface area is 174 Å². The van der Waals surface area contributed by atoms with Crippen molar-refractivity contribution in [1.82, 2.24) is 0 Å². The smallest absolute Gasteiger partial charge is 0.266 e. The number of carbonyl (C=O) groups excluding carboxylic acids is 1. The molecule has 2 aromatic carbocycles. The highest BCUT2D eigenvalue weighted by Gasteiger charge is 2.15. The molecule has 1 amide bonds. The molecule has 0 saturated heterocycles. The van der Waals surface area contributed by atoms with Crippen LogP contribution in [-0.4, -0.2) is 19.6 Å². The largest absolute Gasteiger partial charge is 0.497 e. The summed E-state index contributed by atoms with van der Waals surface area (Å²) in [5, 5.41) is 12.8. The number of hydrogen-bond donors (Lipinski definition) is 1. The predicted octanol–water partition coefficient (Wildman–Crippen LogP) is 5.58. The van der Waals surface area contributed by atoms with Crippen LogP contribution in [0.3, 0.4) is 0 Å². The molecule has 7 heteroatoms. The molecule has 0 radical (unpaired) electrons. The second kappa shape index (κ2) is 10.0. The summed E-state index contributed by atoms with van der Waals surface area (Å²) >= 11 is 12.3. The lowest BCUT2D eigenvalue weighted by Crippen LogP contribution is -2.13. The number of nitrogens with zero attached hydrogens (tertiary/aromatic N) is 1. The molecule has 146 valence electrons. The number of hydrogen-bond acceptors (Lipinski definition) is 4. The molecule has 2 aromatic rings. The van der Waals surface area contributed by atoms with Crippen LogP contribution >= 0.6 is 23.2 Å². The van der Waals surface area contributed by atoms with E-state index in [0.717, 1.165) is 0 Å². The molecule has 0 spiro atoms. The zero-order valence-electron chi connectivity index (χ0n) is 15.8. The van der Waals surface area contributed by atoms with Gasteiger partial charge in [0.1, 0.15) is 23.1 Å². The normalized spacial score (nSPS) is 11.1. The second-order valence-corrected chi connectivity index (χ2v) is 7.21. The minimum Gasteiger partial charge on any atom is -0.497 e. The summed E-state index contributed by atoms with van der Waals surface area (Å²) in [5.74, 6) is 0.760. The lowest BCUT2D eigenvalue weighted by Gasteiger charge is -2.14. The van der Waals surface area contributed by atoms with Gasteiger partial charge in [-0.1, -0.05) is 37.0 Å². The molecular formula is C21H20Cl2N2O3. The third-order valence-corrected chi connectivity index (χ3v) is 4.11. The Morgan fingerprint density at radius 2 is 1.93 bits per heavy atom. The minimum atomic E-state index is -0.557. The number of ether oxygens (including phenoxy) is 2. The Morgan fingerprint density at radius 1 is 1.25 bits per heavy atom. The predicted molar refractivity (Wildman–Crippen MR) is 112 cm³/mol. The monoisotopic (exact) mass is 418 g/mol. The van der Waals surface area contributed by atoms with Crippen molar-refractivity contribution in [2.24, 2.45) is 5.92 Å². The number of anilines is 1. The molecule has 5 nitrogen and oxygen atoms in total. The van der Waals surface area contributed by atoms with E-state index in [1.54, 1.807) is 43.5 Å². The first-order chi connectivity index (χ1) is 13.3. The number of halogens is 2. The van der Waals surface area contributed by atoms with Crippen LogP contribution in [0.5, 0.6) is 11.5 Å². The quantitative estimate of drug-likeness (QED) is 0.470. The number of methoxy groups -OCH3 is 1. The van der Waals surface area contributed by atoms with Crippen LogP contribution in [0.1, 0.15) is 19.4 Å². The maximum atomic E-state index is 12.5. The topological polar surface area (TPSA) is 71.3 Å². The van der Waals surface area contributed by atoms with Gasteiger partial charge in [0, 0.05) is 16.3 Å². The molecular weight excluding hydrogens is 399 g/mol. The summed E-state index contributed by atoms with van der Waals surface area (Å²) in [6.45, 7) is 4.44.